The minimum absolute atomic E-state index is 0.0444. The molecule has 1 rings (SSSR count). The molecule has 0 amide bonds. The van der Waals surface area contributed by atoms with Crippen molar-refractivity contribution in [1.82, 2.24) is 0 Å². The zero-order valence-electron chi connectivity index (χ0n) is 11.4. The molecule has 112 valence electrons. The average Bonchev–Trinajstić information content (AvgIpc) is 2.44. The largest absolute Gasteiger partial charge is 0.486 e. The molecule has 0 unspecified atom stereocenters. The quantitative estimate of drug-likeness (QED) is 0.436. The standard InChI is InChI=1S/C13H17BrFNO3S/c1-3-13(4-2,8-20)7-19-12-6-10(15)9(14)5-11(12)16(17)18/h5-6,20H,3-4,7-8H2,1-2H3. The van der Waals surface area contributed by atoms with Crippen LogP contribution in [-0.2, 0) is 0 Å². The van der Waals surface area contributed by atoms with Crippen molar-refractivity contribution >= 4 is 34.2 Å². The van der Waals surface area contributed by atoms with Crippen molar-refractivity contribution in [1.29, 1.82) is 0 Å². The molecule has 0 heterocycles. The van der Waals surface area contributed by atoms with E-state index in [1.165, 1.54) is 0 Å². The molecule has 0 spiro atoms. The van der Waals surface area contributed by atoms with Crippen LogP contribution in [0.15, 0.2) is 16.6 Å². The summed E-state index contributed by atoms with van der Waals surface area (Å²) in [5, 5.41) is 11.0. The van der Waals surface area contributed by atoms with Crippen molar-refractivity contribution in [3.63, 3.8) is 0 Å². The highest BCUT2D eigenvalue weighted by atomic mass is 79.9. The van der Waals surface area contributed by atoms with Crippen LogP contribution in [0.5, 0.6) is 5.75 Å². The predicted molar refractivity (Wildman–Crippen MR) is 83.1 cm³/mol. The molecule has 0 bridgehead atoms. The maximum atomic E-state index is 13.5. The molecule has 4 nitrogen and oxygen atoms in total. The normalized spacial score (nSPS) is 11.4. The second-order valence-corrected chi connectivity index (χ2v) is 5.82. The Labute approximate surface area is 131 Å². The monoisotopic (exact) mass is 365 g/mol. The summed E-state index contributed by atoms with van der Waals surface area (Å²) < 4.78 is 19.1. The topological polar surface area (TPSA) is 52.4 Å². The van der Waals surface area contributed by atoms with Gasteiger partial charge in [-0.15, -0.1) is 0 Å². The molecule has 0 saturated heterocycles. The third kappa shape index (κ3) is 3.85. The lowest BCUT2D eigenvalue weighted by Gasteiger charge is -2.29. The van der Waals surface area contributed by atoms with E-state index in [4.69, 9.17) is 4.74 Å². The summed E-state index contributed by atoms with van der Waals surface area (Å²) in [7, 11) is 0. The summed E-state index contributed by atoms with van der Waals surface area (Å²) in [5.74, 6) is -0.0360. The minimum atomic E-state index is -0.588. The van der Waals surface area contributed by atoms with Gasteiger partial charge in [-0.3, -0.25) is 10.1 Å². The van der Waals surface area contributed by atoms with Crippen LogP contribution in [0, 0.1) is 21.3 Å². The number of nitro benzene ring substituents is 1. The van der Waals surface area contributed by atoms with Crippen LogP contribution in [0.25, 0.3) is 0 Å². The van der Waals surface area contributed by atoms with Crippen LogP contribution in [0.1, 0.15) is 26.7 Å². The van der Waals surface area contributed by atoms with E-state index in [9.17, 15) is 14.5 Å². The van der Waals surface area contributed by atoms with Crippen molar-refractivity contribution in [2.75, 3.05) is 12.4 Å². The van der Waals surface area contributed by atoms with Crippen LogP contribution >= 0.6 is 28.6 Å². The Morgan fingerprint density at radius 2 is 2.05 bits per heavy atom. The lowest BCUT2D eigenvalue weighted by molar-refractivity contribution is -0.386. The zero-order chi connectivity index (χ0) is 15.3. The number of hydrogen-bond acceptors (Lipinski definition) is 4. The molecule has 0 aliphatic carbocycles. The molecule has 0 aromatic heterocycles. The SMILES string of the molecule is CCC(CC)(CS)COc1cc(F)c(Br)cc1[N+](=O)[O-]. The Kier molecular flexibility index (Phi) is 6.26. The Balaban J connectivity index is 3.03. The Morgan fingerprint density at radius 1 is 1.45 bits per heavy atom. The first kappa shape index (κ1) is 17.2. The fourth-order valence-corrected chi connectivity index (χ4v) is 2.60. The van der Waals surface area contributed by atoms with E-state index in [-0.39, 0.29) is 27.9 Å². The lowest BCUT2D eigenvalue weighted by Crippen LogP contribution is -2.29. The van der Waals surface area contributed by atoms with Crippen molar-refractivity contribution < 1.29 is 14.1 Å². The van der Waals surface area contributed by atoms with Gasteiger partial charge >= 0.3 is 5.69 Å². The first-order chi connectivity index (χ1) is 9.39. The van der Waals surface area contributed by atoms with Gasteiger partial charge in [0.25, 0.3) is 0 Å². The van der Waals surface area contributed by atoms with Crippen molar-refractivity contribution in [2.45, 2.75) is 26.7 Å². The third-order valence-corrected chi connectivity index (χ3v) is 4.85. The maximum Gasteiger partial charge on any atom is 0.312 e. The van der Waals surface area contributed by atoms with E-state index in [1.54, 1.807) is 0 Å². The molecule has 1 aromatic carbocycles. The van der Waals surface area contributed by atoms with E-state index in [1.807, 2.05) is 13.8 Å². The summed E-state index contributed by atoms with van der Waals surface area (Å²) in [6.07, 6.45) is 1.67. The maximum absolute atomic E-state index is 13.5. The van der Waals surface area contributed by atoms with E-state index < -0.39 is 10.7 Å². The second-order valence-electron chi connectivity index (χ2n) is 4.65. The van der Waals surface area contributed by atoms with Gasteiger partial charge in [-0.2, -0.15) is 12.6 Å². The van der Waals surface area contributed by atoms with Gasteiger partial charge in [0.15, 0.2) is 5.75 Å². The highest BCUT2D eigenvalue weighted by Gasteiger charge is 2.27. The van der Waals surface area contributed by atoms with Gasteiger partial charge in [-0.05, 0) is 34.5 Å². The molecule has 0 fully saturated rings. The summed E-state index contributed by atoms with van der Waals surface area (Å²) in [4.78, 5) is 10.4. The van der Waals surface area contributed by atoms with Crippen LogP contribution in [-0.4, -0.2) is 17.3 Å². The predicted octanol–water partition coefficient (Wildman–Crippen LogP) is 4.61. The van der Waals surface area contributed by atoms with E-state index in [0.29, 0.717) is 5.75 Å². The van der Waals surface area contributed by atoms with Gasteiger partial charge in [0.1, 0.15) is 5.82 Å². The summed E-state index contributed by atoms with van der Waals surface area (Å²) in [6.45, 7) is 4.30. The zero-order valence-corrected chi connectivity index (χ0v) is 13.8. The van der Waals surface area contributed by atoms with Gasteiger partial charge < -0.3 is 4.74 Å². The molecule has 0 aliphatic rings. The third-order valence-electron chi connectivity index (χ3n) is 3.57. The summed E-state index contributed by atoms with van der Waals surface area (Å²) in [6, 6.07) is 2.15. The molecule has 0 saturated carbocycles. The molecule has 1 aromatic rings. The van der Waals surface area contributed by atoms with Crippen molar-refractivity contribution in [2.24, 2.45) is 5.41 Å². The molecular weight excluding hydrogens is 349 g/mol. The van der Waals surface area contributed by atoms with E-state index in [2.05, 4.69) is 28.6 Å². The van der Waals surface area contributed by atoms with Crippen LogP contribution in [0.4, 0.5) is 10.1 Å². The second kappa shape index (κ2) is 7.26. The number of nitrogens with zero attached hydrogens (tertiary/aromatic N) is 1. The number of ether oxygens (including phenoxy) is 1. The van der Waals surface area contributed by atoms with Gasteiger partial charge in [-0.25, -0.2) is 4.39 Å². The van der Waals surface area contributed by atoms with Gasteiger partial charge in [0.05, 0.1) is 16.0 Å². The van der Waals surface area contributed by atoms with Crippen molar-refractivity contribution in [3.05, 3.63) is 32.5 Å². The van der Waals surface area contributed by atoms with Gasteiger partial charge in [0.2, 0.25) is 0 Å². The average molecular weight is 366 g/mol. The van der Waals surface area contributed by atoms with E-state index >= 15 is 0 Å². The molecule has 0 aliphatic heterocycles. The number of halogens is 2. The Bertz CT molecular complexity index is 486. The van der Waals surface area contributed by atoms with Gasteiger partial charge in [0, 0.05) is 17.5 Å². The molecule has 0 N–H and O–H groups in total. The lowest BCUT2D eigenvalue weighted by atomic mass is 9.85. The fraction of sp³-hybridized carbons (Fsp3) is 0.538. The smallest absolute Gasteiger partial charge is 0.312 e. The molecule has 20 heavy (non-hydrogen) atoms. The van der Waals surface area contributed by atoms with E-state index in [0.717, 1.165) is 25.0 Å². The first-order valence-electron chi connectivity index (χ1n) is 6.26. The molecule has 0 radical (unpaired) electrons. The summed E-state index contributed by atoms with van der Waals surface area (Å²) >= 11 is 7.25. The number of benzene rings is 1. The number of nitro groups is 1. The van der Waals surface area contributed by atoms with Crippen LogP contribution < -0.4 is 4.74 Å². The molecular formula is C13H17BrFNO3S. The Morgan fingerprint density at radius 3 is 2.50 bits per heavy atom. The molecule has 0 atom stereocenters. The fourth-order valence-electron chi connectivity index (χ4n) is 1.73. The molecule has 7 heteroatoms. The highest BCUT2D eigenvalue weighted by Crippen LogP contribution is 2.35. The number of thiol groups is 1. The summed E-state index contributed by atoms with van der Waals surface area (Å²) in [5.41, 5.74) is -0.417. The van der Waals surface area contributed by atoms with Crippen LogP contribution in [0.2, 0.25) is 0 Å². The van der Waals surface area contributed by atoms with Gasteiger partial charge in [-0.1, -0.05) is 13.8 Å². The first-order valence-corrected chi connectivity index (χ1v) is 7.68. The highest BCUT2D eigenvalue weighted by molar-refractivity contribution is 9.10. The number of hydrogen-bond donors (Lipinski definition) is 1. The van der Waals surface area contributed by atoms with Crippen LogP contribution in [0.3, 0.4) is 0 Å². The number of rotatable bonds is 7. The minimum Gasteiger partial charge on any atom is -0.486 e. The van der Waals surface area contributed by atoms with Crippen molar-refractivity contribution in [3.8, 4) is 5.75 Å². The Hall–Kier alpha value is -0.820.